The van der Waals surface area contributed by atoms with Crippen molar-refractivity contribution in [3.63, 3.8) is 0 Å². The van der Waals surface area contributed by atoms with E-state index in [-0.39, 0.29) is 16.6 Å². The van der Waals surface area contributed by atoms with Gasteiger partial charge in [0.1, 0.15) is 10.0 Å². The minimum absolute atomic E-state index is 0.0205. The van der Waals surface area contributed by atoms with Gasteiger partial charge in [-0.3, -0.25) is 0 Å². The molecule has 4 nitrogen and oxygen atoms in total. The van der Waals surface area contributed by atoms with E-state index < -0.39 is 10.0 Å². The molecular weight excluding hydrogens is 316 g/mol. The first kappa shape index (κ1) is 13.6. The molecule has 16 heavy (non-hydrogen) atoms. The minimum Gasteiger partial charge on any atom is -0.242 e. The standard InChI is InChI=1S/C9H10BrClN2O2S/c1-3-4-13(2)16(14,15)8-5-7(10)6-12-9(8)11/h3,5-6H,1,4H2,2H3. The molecule has 1 rings (SSSR count). The molecule has 0 saturated heterocycles. The van der Waals surface area contributed by atoms with Gasteiger partial charge in [0, 0.05) is 24.3 Å². The SMILES string of the molecule is C=CCN(C)S(=O)(=O)c1cc(Br)cnc1Cl. The van der Waals surface area contributed by atoms with Crippen LogP contribution < -0.4 is 0 Å². The van der Waals surface area contributed by atoms with Crippen LogP contribution in [0.1, 0.15) is 0 Å². The Morgan fingerprint density at radius 3 is 2.88 bits per heavy atom. The van der Waals surface area contributed by atoms with Crippen LogP contribution in [0.3, 0.4) is 0 Å². The zero-order valence-electron chi connectivity index (χ0n) is 8.52. The number of sulfonamides is 1. The highest BCUT2D eigenvalue weighted by Gasteiger charge is 2.23. The van der Waals surface area contributed by atoms with Crippen LogP contribution in [0.15, 0.2) is 34.3 Å². The zero-order chi connectivity index (χ0) is 12.3. The molecule has 0 amide bonds. The average Bonchev–Trinajstić information content (AvgIpc) is 2.22. The first-order chi connectivity index (χ1) is 7.39. The molecule has 0 aliphatic rings. The second-order valence-electron chi connectivity index (χ2n) is 3.02. The Hall–Kier alpha value is -0.430. The van der Waals surface area contributed by atoms with Crippen molar-refractivity contribution >= 4 is 37.6 Å². The molecule has 0 unspecified atom stereocenters. The molecule has 88 valence electrons. The Bertz CT molecular complexity index is 504. The van der Waals surface area contributed by atoms with E-state index in [1.165, 1.54) is 25.4 Å². The first-order valence-electron chi connectivity index (χ1n) is 4.28. The highest BCUT2D eigenvalue weighted by atomic mass is 79.9. The predicted octanol–water partition coefficient (Wildman–Crippen LogP) is 2.30. The van der Waals surface area contributed by atoms with E-state index in [1.807, 2.05) is 0 Å². The summed E-state index contributed by atoms with van der Waals surface area (Å²) in [4.78, 5) is 3.75. The van der Waals surface area contributed by atoms with Crippen molar-refractivity contribution in [3.05, 3.63) is 34.5 Å². The van der Waals surface area contributed by atoms with Gasteiger partial charge in [-0.1, -0.05) is 17.7 Å². The van der Waals surface area contributed by atoms with E-state index >= 15 is 0 Å². The number of likely N-dealkylation sites (N-methyl/N-ethyl adjacent to an activating group) is 1. The molecule has 0 spiro atoms. The van der Waals surface area contributed by atoms with Gasteiger partial charge in [0.25, 0.3) is 0 Å². The molecule has 1 heterocycles. The van der Waals surface area contributed by atoms with Crippen LogP contribution in [0.25, 0.3) is 0 Å². The monoisotopic (exact) mass is 324 g/mol. The Balaban J connectivity index is 3.26. The van der Waals surface area contributed by atoms with Crippen LogP contribution in [0, 0.1) is 0 Å². The summed E-state index contributed by atoms with van der Waals surface area (Å²) in [6, 6.07) is 1.42. The van der Waals surface area contributed by atoms with Gasteiger partial charge < -0.3 is 0 Å². The Morgan fingerprint density at radius 1 is 1.69 bits per heavy atom. The van der Waals surface area contributed by atoms with Crippen molar-refractivity contribution in [3.8, 4) is 0 Å². The van der Waals surface area contributed by atoms with Gasteiger partial charge >= 0.3 is 0 Å². The van der Waals surface area contributed by atoms with Crippen molar-refractivity contribution in [2.75, 3.05) is 13.6 Å². The fourth-order valence-corrected chi connectivity index (χ4v) is 3.09. The third-order valence-corrected chi connectivity index (χ3v) is 4.53. The maximum absolute atomic E-state index is 12.0. The van der Waals surface area contributed by atoms with Crippen molar-refractivity contribution in [2.45, 2.75) is 4.90 Å². The summed E-state index contributed by atoms with van der Waals surface area (Å²) in [5, 5.41) is -0.0425. The summed E-state index contributed by atoms with van der Waals surface area (Å²) in [7, 11) is -2.16. The van der Waals surface area contributed by atoms with Crippen LogP contribution in [-0.2, 0) is 10.0 Å². The molecule has 0 aliphatic heterocycles. The number of rotatable bonds is 4. The van der Waals surface area contributed by atoms with Gasteiger partial charge in [-0.2, -0.15) is 4.31 Å². The molecule has 0 fully saturated rings. The molecule has 1 aromatic rings. The smallest absolute Gasteiger partial charge is 0.242 e. The normalized spacial score (nSPS) is 11.8. The van der Waals surface area contributed by atoms with E-state index in [9.17, 15) is 8.42 Å². The second-order valence-corrected chi connectivity index (χ2v) is 6.30. The van der Waals surface area contributed by atoms with E-state index in [2.05, 4.69) is 27.5 Å². The van der Waals surface area contributed by atoms with Gasteiger partial charge in [0.05, 0.1) is 0 Å². The molecule has 0 aromatic carbocycles. The highest BCUT2D eigenvalue weighted by Crippen LogP contribution is 2.24. The Labute approximate surface area is 108 Å². The molecule has 0 N–H and O–H groups in total. The molecule has 0 radical (unpaired) electrons. The quantitative estimate of drug-likeness (QED) is 0.630. The van der Waals surface area contributed by atoms with Gasteiger partial charge in [-0.15, -0.1) is 6.58 Å². The number of aromatic nitrogens is 1. The van der Waals surface area contributed by atoms with Crippen molar-refractivity contribution in [1.29, 1.82) is 0 Å². The topological polar surface area (TPSA) is 50.3 Å². The van der Waals surface area contributed by atoms with E-state index in [0.717, 1.165) is 4.31 Å². The summed E-state index contributed by atoms with van der Waals surface area (Å²) >= 11 is 8.91. The Morgan fingerprint density at radius 2 is 2.31 bits per heavy atom. The largest absolute Gasteiger partial charge is 0.246 e. The lowest BCUT2D eigenvalue weighted by Gasteiger charge is -2.15. The van der Waals surface area contributed by atoms with Gasteiger partial charge in [-0.05, 0) is 22.0 Å². The average molecular weight is 326 g/mol. The summed E-state index contributed by atoms with van der Waals surface area (Å²) in [6.07, 6.45) is 2.94. The van der Waals surface area contributed by atoms with Crippen LogP contribution >= 0.6 is 27.5 Å². The number of pyridine rings is 1. The third-order valence-electron chi connectivity index (χ3n) is 1.85. The number of hydrogen-bond acceptors (Lipinski definition) is 3. The molecule has 0 bridgehead atoms. The lowest BCUT2D eigenvalue weighted by molar-refractivity contribution is 0.499. The fraction of sp³-hybridized carbons (Fsp3) is 0.222. The van der Waals surface area contributed by atoms with E-state index in [1.54, 1.807) is 0 Å². The summed E-state index contributed by atoms with van der Waals surface area (Å²) in [5.41, 5.74) is 0. The fourth-order valence-electron chi connectivity index (χ4n) is 1.03. The van der Waals surface area contributed by atoms with Crippen LogP contribution in [0.2, 0.25) is 5.15 Å². The number of hydrogen-bond donors (Lipinski definition) is 0. The summed E-state index contributed by atoms with van der Waals surface area (Å²) in [5.74, 6) is 0. The van der Waals surface area contributed by atoms with Crippen LogP contribution in [0.4, 0.5) is 0 Å². The minimum atomic E-state index is -3.62. The van der Waals surface area contributed by atoms with Crippen molar-refractivity contribution in [2.24, 2.45) is 0 Å². The summed E-state index contributed by atoms with van der Waals surface area (Å²) < 4.78 is 25.8. The molecule has 0 aliphatic carbocycles. The van der Waals surface area contributed by atoms with Crippen molar-refractivity contribution in [1.82, 2.24) is 9.29 Å². The van der Waals surface area contributed by atoms with Gasteiger partial charge in [-0.25, -0.2) is 13.4 Å². The number of nitrogens with zero attached hydrogens (tertiary/aromatic N) is 2. The zero-order valence-corrected chi connectivity index (χ0v) is 11.7. The lowest BCUT2D eigenvalue weighted by atomic mass is 10.5. The van der Waals surface area contributed by atoms with E-state index in [4.69, 9.17) is 11.6 Å². The van der Waals surface area contributed by atoms with Gasteiger partial charge in [0.2, 0.25) is 10.0 Å². The Kier molecular flexibility index (Phi) is 4.49. The molecule has 0 atom stereocenters. The first-order valence-corrected chi connectivity index (χ1v) is 6.89. The molecule has 7 heteroatoms. The molecule has 1 aromatic heterocycles. The maximum Gasteiger partial charge on any atom is 0.246 e. The second kappa shape index (κ2) is 5.27. The predicted molar refractivity (Wildman–Crippen MR) is 67.0 cm³/mol. The lowest BCUT2D eigenvalue weighted by Crippen LogP contribution is -2.27. The maximum atomic E-state index is 12.0. The third kappa shape index (κ3) is 2.82. The van der Waals surface area contributed by atoms with Crippen LogP contribution in [0.5, 0.6) is 0 Å². The molecular formula is C9H10BrClN2O2S. The number of halogens is 2. The van der Waals surface area contributed by atoms with E-state index in [0.29, 0.717) is 4.47 Å². The summed E-state index contributed by atoms with van der Waals surface area (Å²) in [6.45, 7) is 3.70. The van der Waals surface area contributed by atoms with Gasteiger partial charge in [0.15, 0.2) is 0 Å². The highest BCUT2D eigenvalue weighted by molar-refractivity contribution is 9.10. The molecule has 0 saturated carbocycles. The van der Waals surface area contributed by atoms with Crippen LogP contribution in [-0.4, -0.2) is 31.3 Å². The van der Waals surface area contributed by atoms with Crippen molar-refractivity contribution < 1.29 is 8.42 Å².